The average molecular weight is 1160 g/mol. The SMILES string of the molecule is C[C@@H]1CN(CC(=O)N2CC(C)(C)c3[nH]c(=O)c(Cc4ccc(F)cc4)cc32)C(CN2CCN(C(=O)COCCOCC(=O)N3CCN(C[C@H]4CN[C@H](C)CN4CC(=O)C4CCc5[nH]c(=O)c(Cc6ccc(F)cc6)cc54)[C@H](C)C3)C[C@H]2C)CN1. The van der Waals surface area contributed by atoms with Crippen LogP contribution in [0.3, 0.4) is 0 Å². The van der Waals surface area contributed by atoms with Gasteiger partial charge < -0.3 is 44.8 Å². The molecule has 5 aliphatic heterocycles. The third-order valence-electron chi connectivity index (χ3n) is 18.3. The van der Waals surface area contributed by atoms with Gasteiger partial charge in [-0.15, -0.1) is 0 Å². The van der Waals surface area contributed by atoms with E-state index in [1.54, 1.807) is 24.3 Å². The predicted octanol–water partition coefficient (Wildman–Crippen LogP) is 2.87. The first-order valence-corrected chi connectivity index (χ1v) is 30.2. The summed E-state index contributed by atoms with van der Waals surface area (Å²) in [5.41, 5.74) is 5.07. The minimum atomic E-state index is -0.454. The van der Waals surface area contributed by atoms with E-state index in [9.17, 15) is 37.5 Å². The molecule has 1 aliphatic carbocycles. The lowest BCUT2D eigenvalue weighted by atomic mass is 9.91. The number of pyridine rings is 2. The molecule has 4 fully saturated rings. The van der Waals surface area contributed by atoms with Gasteiger partial charge in [-0.05, 0) is 93.6 Å². The number of nitrogens with one attached hydrogen (secondary N) is 4. The summed E-state index contributed by atoms with van der Waals surface area (Å²) in [4.78, 5) is 102. The maximum absolute atomic E-state index is 14.3. The maximum atomic E-state index is 14.3. The number of ether oxygens (including phenoxy) is 2. The first kappa shape index (κ1) is 61.1. The molecule has 454 valence electrons. The van der Waals surface area contributed by atoms with Gasteiger partial charge in [0, 0.05) is 168 Å². The number of hydrogen-bond acceptors (Lipinski definition) is 14. The molecule has 0 saturated carbocycles. The quantitative estimate of drug-likeness (QED) is 0.0943. The molecule has 4 saturated heterocycles. The van der Waals surface area contributed by atoms with E-state index < -0.39 is 5.41 Å². The van der Waals surface area contributed by atoms with E-state index in [-0.39, 0.29) is 121 Å². The van der Waals surface area contributed by atoms with Gasteiger partial charge in [0.15, 0.2) is 5.78 Å². The highest BCUT2D eigenvalue weighted by Gasteiger charge is 2.42. The van der Waals surface area contributed by atoms with Crippen molar-refractivity contribution in [2.45, 2.75) is 115 Å². The van der Waals surface area contributed by atoms with Crippen molar-refractivity contribution in [1.82, 2.24) is 50.0 Å². The fourth-order valence-electron chi connectivity index (χ4n) is 13.4. The van der Waals surface area contributed by atoms with Crippen molar-refractivity contribution in [3.8, 4) is 0 Å². The fourth-order valence-corrected chi connectivity index (χ4v) is 13.4. The topological polar surface area (TPSA) is 199 Å². The van der Waals surface area contributed by atoms with Gasteiger partial charge in [-0.2, -0.15) is 0 Å². The van der Waals surface area contributed by atoms with Crippen LogP contribution in [0, 0.1) is 11.6 Å². The molecule has 0 bridgehead atoms. The third-order valence-corrected chi connectivity index (χ3v) is 18.3. The van der Waals surface area contributed by atoms with E-state index in [1.165, 1.54) is 24.3 Å². The van der Waals surface area contributed by atoms with E-state index >= 15 is 0 Å². The minimum Gasteiger partial charge on any atom is -0.369 e. The summed E-state index contributed by atoms with van der Waals surface area (Å²) in [6, 6.07) is 16.7. The molecule has 4 aromatic rings. The molecule has 10 rings (SSSR count). The summed E-state index contributed by atoms with van der Waals surface area (Å²) in [6.07, 6.45) is 1.97. The Balaban J connectivity index is 0.627. The Morgan fingerprint density at radius 1 is 0.619 bits per heavy atom. The lowest BCUT2D eigenvalue weighted by molar-refractivity contribution is -0.142. The average Bonchev–Trinajstić information content (AvgIpc) is 2.79. The molecule has 3 amide bonds. The first-order chi connectivity index (χ1) is 40.2. The number of piperazine rings is 4. The Morgan fingerprint density at radius 2 is 1.12 bits per heavy atom. The van der Waals surface area contributed by atoms with Gasteiger partial charge in [0.1, 0.15) is 24.8 Å². The van der Waals surface area contributed by atoms with Crippen LogP contribution in [0.1, 0.15) is 93.1 Å². The van der Waals surface area contributed by atoms with E-state index in [0.717, 1.165) is 54.3 Å². The van der Waals surface area contributed by atoms with Crippen LogP contribution in [0.2, 0.25) is 0 Å². The zero-order chi connectivity index (χ0) is 59.4. The van der Waals surface area contributed by atoms with Crippen molar-refractivity contribution in [2.75, 3.05) is 129 Å². The third kappa shape index (κ3) is 14.6. The van der Waals surface area contributed by atoms with Gasteiger partial charge >= 0.3 is 0 Å². The molecule has 0 spiro atoms. The van der Waals surface area contributed by atoms with Crippen LogP contribution in [0.25, 0.3) is 0 Å². The monoisotopic (exact) mass is 1160 g/mol. The molecule has 0 radical (unpaired) electrons. The summed E-state index contributed by atoms with van der Waals surface area (Å²) in [5.74, 6) is -1.05. The number of amides is 3. The first-order valence-electron chi connectivity index (χ1n) is 30.2. The largest absolute Gasteiger partial charge is 0.369 e. The lowest BCUT2D eigenvalue weighted by Crippen LogP contribution is -2.63. The normalized spacial score (nSPS) is 25.0. The second-order valence-corrected chi connectivity index (χ2v) is 25.2. The van der Waals surface area contributed by atoms with Crippen molar-refractivity contribution in [3.05, 3.63) is 132 Å². The molecule has 7 heterocycles. The highest BCUT2D eigenvalue weighted by Crippen LogP contribution is 2.39. The molecular formula is C63H85F2N11O8. The highest BCUT2D eigenvalue weighted by molar-refractivity contribution is 5.97. The summed E-state index contributed by atoms with van der Waals surface area (Å²) in [6.45, 7) is 21.7. The van der Waals surface area contributed by atoms with Crippen molar-refractivity contribution < 1.29 is 37.4 Å². The van der Waals surface area contributed by atoms with Crippen molar-refractivity contribution in [1.29, 1.82) is 0 Å². The van der Waals surface area contributed by atoms with Crippen molar-refractivity contribution in [3.63, 3.8) is 0 Å². The maximum Gasteiger partial charge on any atom is 0.251 e. The van der Waals surface area contributed by atoms with Crippen molar-refractivity contribution in [2.24, 2.45) is 0 Å². The zero-order valence-electron chi connectivity index (χ0n) is 49.7. The van der Waals surface area contributed by atoms with E-state index in [2.05, 4.69) is 67.9 Å². The van der Waals surface area contributed by atoms with Gasteiger partial charge in [-0.1, -0.05) is 38.1 Å². The standard InChI is InChI=1S/C63H85F2N11O8/c1-40-29-74(35-56(77)52-15-16-54-53(52)25-46(61(81)68-54)23-44-7-11-48(64)12-8-44)50(27-66-40)33-70-17-19-72(31-42(70)3)58(79)37-83-21-22-84-38-59(80)73-20-18-71(43(4)32-73)34-51-28-67-41(2)30-75(51)36-57(78)76-39-63(5,6)60-55(76)26-47(62(82)69-60)24-45-9-13-49(65)14-10-45/h7-14,25-26,40-43,50-52,66-67H,15-24,27-39H2,1-6H3,(H,68,81)(H,69,82)/t40-,41-,42-,43-,50-,51?,52?/m1/s1. The molecule has 21 heteroatoms. The Hall–Kier alpha value is -6.04. The van der Waals surface area contributed by atoms with Gasteiger partial charge in [0.2, 0.25) is 17.7 Å². The fraction of sp³-hybridized carbons (Fsp3) is 0.587. The van der Waals surface area contributed by atoms with Crippen LogP contribution in [-0.4, -0.2) is 224 Å². The van der Waals surface area contributed by atoms with Crippen LogP contribution in [0.4, 0.5) is 14.5 Å². The molecule has 19 nitrogen and oxygen atoms in total. The molecule has 7 atom stereocenters. The van der Waals surface area contributed by atoms with Gasteiger partial charge in [0.05, 0.1) is 32.0 Å². The molecule has 4 N–H and O–H groups in total. The number of ketones is 1. The van der Waals surface area contributed by atoms with Crippen LogP contribution < -0.4 is 26.7 Å². The molecule has 2 aromatic heterocycles. The van der Waals surface area contributed by atoms with Crippen LogP contribution in [-0.2, 0) is 53.3 Å². The van der Waals surface area contributed by atoms with Crippen molar-refractivity contribution >= 4 is 29.2 Å². The number of H-pyrrole nitrogens is 2. The number of halogens is 2. The second-order valence-electron chi connectivity index (χ2n) is 25.2. The molecule has 6 aliphatic rings. The minimum absolute atomic E-state index is 0.0314. The van der Waals surface area contributed by atoms with E-state index in [0.29, 0.717) is 108 Å². The molecular weight excluding hydrogens is 1080 g/mol. The Kier molecular flexibility index (Phi) is 19.4. The van der Waals surface area contributed by atoms with E-state index in [1.807, 2.05) is 40.7 Å². The van der Waals surface area contributed by atoms with E-state index in [4.69, 9.17) is 9.47 Å². The Morgan fingerprint density at radius 3 is 1.64 bits per heavy atom. The molecule has 2 aromatic carbocycles. The number of Topliss-reactive ketones (excluding diaryl/α,β-unsaturated/α-hetero) is 1. The number of aromatic amines is 2. The van der Waals surface area contributed by atoms with Gasteiger partial charge in [-0.3, -0.25) is 48.4 Å². The summed E-state index contributed by atoms with van der Waals surface area (Å²) in [7, 11) is 0. The number of aromatic nitrogens is 2. The predicted molar refractivity (Wildman–Crippen MR) is 317 cm³/mol. The Bertz CT molecular complexity index is 3120. The summed E-state index contributed by atoms with van der Waals surface area (Å²) < 4.78 is 38.7. The number of nitrogens with zero attached hydrogens (tertiary/aromatic N) is 7. The number of carbonyl (C=O) groups excluding carboxylic acids is 4. The zero-order valence-corrected chi connectivity index (χ0v) is 49.7. The van der Waals surface area contributed by atoms with Gasteiger partial charge in [0.25, 0.3) is 11.1 Å². The van der Waals surface area contributed by atoms with Gasteiger partial charge in [-0.25, -0.2) is 8.78 Å². The number of carbonyl (C=O) groups is 4. The Labute approximate surface area is 491 Å². The van der Waals surface area contributed by atoms with Crippen LogP contribution in [0.15, 0.2) is 70.3 Å². The summed E-state index contributed by atoms with van der Waals surface area (Å²) >= 11 is 0. The molecule has 2 unspecified atom stereocenters. The second kappa shape index (κ2) is 26.7. The highest BCUT2D eigenvalue weighted by atomic mass is 19.1. The number of hydrogen-bond donors (Lipinski definition) is 4. The number of benzene rings is 2. The smallest absolute Gasteiger partial charge is 0.251 e. The number of fused-ring (bicyclic) bond motifs is 2. The number of aryl methyl sites for hydroxylation is 1. The number of anilines is 1. The van der Waals surface area contributed by atoms with Crippen LogP contribution in [0.5, 0.6) is 0 Å². The lowest BCUT2D eigenvalue weighted by Gasteiger charge is -2.45. The van der Waals surface area contributed by atoms with Crippen LogP contribution >= 0.6 is 0 Å². The summed E-state index contributed by atoms with van der Waals surface area (Å²) in [5, 5.41) is 7.22. The number of rotatable bonds is 20. The molecule has 84 heavy (non-hydrogen) atoms.